The number of halogens is 1. The Bertz CT molecular complexity index is 753. The second-order valence-corrected chi connectivity index (χ2v) is 7.67. The number of benzene rings is 2. The van der Waals surface area contributed by atoms with Crippen LogP contribution in [0.15, 0.2) is 47.4 Å². The average Bonchev–Trinajstić information content (AvgIpc) is 3.06. The van der Waals surface area contributed by atoms with Crippen molar-refractivity contribution in [2.45, 2.75) is 36.6 Å². The fourth-order valence-electron chi connectivity index (χ4n) is 3.39. The topological polar surface area (TPSA) is 72.2 Å². The molecule has 1 aliphatic carbocycles. The van der Waals surface area contributed by atoms with Gasteiger partial charge in [0.1, 0.15) is 0 Å². The lowest BCUT2D eigenvalue weighted by molar-refractivity contribution is 0.406. The summed E-state index contributed by atoms with van der Waals surface area (Å²) in [6.45, 7) is 0.342. The number of hydrogen-bond acceptors (Lipinski definition) is 3. The smallest absolute Gasteiger partial charge is 0.241 e. The molecule has 1 atom stereocenters. The Kier molecular flexibility index (Phi) is 6.03. The Labute approximate surface area is 143 Å². The van der Waals surface area contributed by atoms with Crippen molar-refractivity contribution < 1.29 is 8.42 Å². The second kappa shape index (κ2) is 7.62. The highest BCUT2D eigenvalue weighted by atomic mass is 35.5. The van der Waals surface area contributed by atoms with Gasteiger partial charge in [0.2, 0.25) is 10.0 Å². The molecule has 1 unspecified atom stereocenters. The van der Waals surface area contributed by atoms with Gasteiger partial charge in [0.15, 0.2) is 0 Å². The van der Waals surface area contributed by atoms with E-state index in [2.05, 4.69) is 4.72 Å². The first-order valence-corrected chi connectivity index (χ1v) is 9.30. The van der Waals surface area contributed by atoms with Crippen LogP contribution in [0.25, 0.3) is 10.8 Å². The third-order valence-corrected chi connectivity index (χ3v) is 6.12. The van der Waals surface area contributed by atoms with Crippen LogP contribution in [0.2, 0.25) is 0 Å². The van der Waals surface area contributed by atoms with Crippen LogP contribution < -0.4 is 10.5 Å². The number of sulfonamides is 1. The van der Waals surface area contributed by atoms with E-state index in [9.17, 15) is 8.42 Å². The Balaban J connectivity index is 0.00000192. The standard InChI is InChI=1S/C17H22N2O2S.ClH/c18-12-16(14-7-1-2-8-14)19-22(20,21)17-11-5-9-13-6-3-4-10-15(13)17;/h3-6,9-11,14,16,19H,1-2,7-8,12,18H2;1H. The third-order valence-electron chi connectivity index (χ3n) is 4.57. The molecule has 6 heteroatoms. The van der Waals surface area contributed by atoms with E-state index in [0.717, 1.165) is 36.5 Å². The molecule has 3 N–H and O–H groups in total. The minimum absolute atomic E-state index is 0. The predicted octanol–water partition coefficient (Wildman–Crippen LogP) is 3.06. The lowest BCUT2D eigenvalue weighted by Crippen LogP contribution is -2.44. The van der Waals surface area contributed by atoms with Gasteiger partial charge >= 0.3 is 0 Å². The largest absolute Gasteiger partial charge is 0.329 e. The maximum absolute atomic E-state index is 12.8. The van der Waals surface area contributed by atoms with E-state index in [1.807, 2.05) is 30.3 Å². The van der Waals surface area contributed by atoms with Gasteiger partial charge in [-0.2, -0.15) is 0 Å². The van der Waals surface area contributed by atoms with Crippen LogP contribution in [0, 0.1) is 5.92 Å². The molecule has 0 bridgehead atoms. The van der Waals surface area contributed by atoms with Gasteiger partial charge in [-0.3, -0.25) is 0 Å². The molecule has 0 heterocycles. The van der Waals surface area contributed by atoms with E-state index in [1.54, 1.807) is 12.1 Å². The maximum Gasteiger partial charge on any atom is 0.241 e. The molecule has 126 valence electrons. The molecular formula is C17H23ClN2O2S. The quantitative estimate of drug-likeness (QED) is 0.866. The third kappa shape index (κ3) is 3.86. The van der Waals surface area contributed by atoms with Gasteiger partial charge in [-0.1, -0.05) is 49.2 Å². The zero-order valence-corrected chi connectivity index (χ0v) is 14.6. The summed E-state index contributed by atoms with van der Waals surface area (Å²) in [7, 11) is -3.57. The maximum atomic E-state index is 12.8. The Hall–Kier alpha value is -1.14. The highest BCUT2D eigenvalue weighted by Gasteiger charge is 2.29. The van der Waals surface area contributed by atoms with Gasteiger partial charge in [0.05, 0.1) is 4.90 Å². The van der Waals surface area contributed by atoms with Crippen molar-refractivity contribution >= 4 is 33.2 Å². The molecule has 2 aromatic rings. The van der Waals surface area contributed by atoms with Gasteiger partial charge in [-0.25, -0.2) is 13.1 Å². The van der Waals surface area contributed by atoms with Crippen LogP contribution in [0.1, 0.15) is 25.7 Å². The Morgan fingerprint density at radius 1 is 1.09 bits per heavy atom. The van der Waals surface area contributed by atoms with Crippen LogP contribution in [0.4, 0.5) is 0 Å². The molecule has 3 rings (SSSR count). The summed E-state index contributed by atoms with van der Waals surface area (Å²) in [5, 5.41) is 1.68. The number of rotatable bonds is 5. The normalized spacial score (nSPS) is 17.1. The molecule has 1 fully saturated rings. The van der Waals surface area contributed by atoms with Crippen LogP contribution >= 0.6 is 12.4 Å². The van der Waals surface area contributed by atoms with Crippen molar-refractivity contribution in [1.82, 2.24) is 4.72 Å². The summed E-state index contributed by atoms with van der Waals surface area (Å²) in [6, 6.07) is 12.7. The molecule has 0 aromatic heterocycles. The van der Waals surface area contributed by atoms with Crippen molar-refractivity contribution in [3.8, 4) is 0 Å². The Morgan fingerprint density at radius 3 is 2.43 bits per heavy atom. The first-order chi connectivity index (χ1) is 10.6. The van der Waals surface area contributed by atoms with E-state index in [0.29, 0.717) is 17.4 Å². The lowest BCUT2D eigenvalue weighted by atomic mass is 9.99. The summed E-state index contributed by atoms with van der Waals surface area (Å²) in [5.41, 5.74) is 5.82. The van der Waals surface area contributed by atoms with Crippen LogP contribution in [0.5, 0.6) is 0 Å². The van der Waals surface area contributed by atoms with Crippen molar-refractivity contribution in [2.24, 2.45) is 11.7 Å². The molecule has 1 saturated carbocycles. The Morgan fingerprint density at radius 2 is 1.74 bits per heavy atom. The SMILES string of the molecule is Cl.NCC(NS(=O)(=O)c1cccc2ccccc12)C1CCCC1. The first-order valence-electron chi connectivity index (χ1n) is 7.82. The van der Waals surface area contributed by atoms with E-state index < -0.39 is 10.0 Å². The van der Waals surface area contributed by atoms with Gasteiger partial charge in [-0.05, 0) is 30.2 Å². The van der Waals surface area contributed by atoms with Gasteiger partial charge in [0.25, 0.3) is 0 Å². The second-order valence-electron chi connectivity index (χ2n) is 5.99. The molecule has 0 radical (unpaired) electrons. The van der Waals surface area contributed by atoms with Crippen molar-refractivity contribution in [2.75, 3.05) is 6.54 Å². The molecule has 0 spiro atoms. The molecule has 0 saturated heterocycles. The molecule has 2 aromatic carbocycles. The summed E-state index contributed by atoms with van der Waals surface area (Å²) in [5.74, 6) is 0.356. The van der Waals surface area contributed by atoms with E-state index >= 15 is 0 Å². The van der Waals surface area contributed by atoms with Gasteiger partial charge in [0, 0.05) is 18.0 Å². The van der Waals surface area contributed by atoms with Crippen molar-refractivity contribution in [1.29, 1.82) is 0 Å². The minimum Gasteiger partial charge on any atom is -0.329 e. The number of nitrogens with one attached hydrogen (secondary N) is 1. The number of fused-ring (bicyclic) bond motifs is 1. The zero-order valence-electron chi connectivity index (χ0n) is 12.9. The van der Waals surface area contributed by atoms with Crippen LogP contribution in [-0.2, 0) is 10.0 Å². The summed E-state index contributed by atoms with van der Waals surface area (Å²) < 4.78 is 28.5. The molecule has 4 nitrogen and oxygen atoms in total. The van der Waals surface area contributed by atoms with Gasteiger partial charge < -0.3 is 5.73 Å². The lowest BCUT2D eigenvalue weighted by Gasteiger charge is -2.23. The fraction of sp³-hybridized carbons (Fsp3) is 0.412. The van der Waals surface area contributed by atoms with Crippen LogP contribution in [0.3, 0.4) is 0 Å². The predicted molar refractivity (Wildman–Crippen MR) is 96.3 cm³/mol. The monoisotopic (exact) mass is 354 g/mol. The van der Waals surface area contributed by atoms with Gasteiger partial charge in [-0.15, -0.1) is 12.4 Å². The molecule has 23 heavy (non-hydrogen) atoms. The summed E-state index contributed by atoms with van der Waals surface area (Å²) in [4.78, 5) is 0.335. The highest BCUT2D eigenvalue weighted by Crippen LogP contribution is 2.29. The molecular weight excluding hydrogens is 332 g/mol. The van der Waals surface area contributed by atoms with Crippen molar-refractivity contribution in [3.05, 3.63) is 42.5 Å². The number of hydrogen-bond donors (Lipinski definition) is 2. The minimum atomic E-state index is -3.57. The molecule has 0 aliphatic heterocycles. The van der Waals surface area contributed by atoms with Crippen LogP contribution in [-0.4, -0.2) is 21.0 Å². The number of nitrogens with two attached hydrogens (primary N) is 1. The highest BCUT2D eigenvalue weighted by molar-refractivity contribution is 7.89. The van der Waals surface area contributed by atoms with Crippen molar-refractivity contribution in [3.63, 3.8) is 0 Å². The average molecular weight is 355 g/mol. The fourth-order valence-corrected chi connectivity index (χ4v) is 4.94. The van der Waals surface area contributed by atoms with E-state index in [4.69, 9.17) is 5.73 Å². The summed E-state index contributed by atoms with van der Waals surface area (Å²) in [6.07, 6.45) is 4.44. The summed E-state index contributed by atoms with van der Waals surface area (Å²) >= 11 is 0. The molecule has 1 aliphatic rings. The molecule has 0 amide bonds. The first kappa shape index (κ1) is 18.2. The van der Waals surface area contributed by atoms with E-state index in [-0.39, 0.29) is 18.4 Å². The van der Waals surface area contributed by atoms with E-state index in [1.165, 1.54) is 0 Å². The zero-order chi connectivity index (χ0) is 15.6.